The highest BCUT2D eigenvalue weighted by atomic mass is 35.5. The zero-order chi connectivity index (χ0) is 36.2. The molecule has 0 aliphatic heterocycles. The molecule has 0 saturated heterocycles. The number of nitrogens with one attached hydrogen (secondary N) is 4. The van der Waals surface area contributed by atoms with E-state index < -0.39 is 11.9 Å². The highest BCUT2D eigenvalue weighted by molar-refractivity contribution is 6.31. The number of aromatic nitrogens is 2. The summed E-state index contributed by atoms with van der Waals surface area (Å²) < 4.78 is 0. The molecule has 2 heterocycles. The molecule has 0 radical (unpaired) electrons. The van der Waals surface area contributed by atoms with Gasteiger partial charge in [0.25, 0.3) is 0 Å². The molecule has 0 saturated carbocycles. The van der Waals surface area contributed by atoms with E-state index >= 15 is 0 Å². The van der Waals surface area contributed by atoms with Gasteiger partial charge >= 0.3 is 11.9 Å². The second-order valence-electron chi connectivity index (χ2n) is 12.9. The minimum Gasteiger partial charge on any atom is -0.481 e. The van der Waals surface area contributed by atoms with Crippen molar-refractivity contribution in [3.63, 3.8) is 0 Å². The normalized spacial score (nSPS) is 15.8. The van der Waals surface area contributed by atoms with Gasteiger partial charge in [-0.2, -0.15) is 0 Å². The van der Waals surface area contributed by atoms with Crippen molar-refractivity contribution < 1.29 is 25.3 Å². The fourth-order valence-corrected chi connectivity index (χ4v) is 7.18. The zero-order valence-electron chi connectivity index (χ0n) is 28.5. The molecule has 2 aromatic heterocycles. The number of aryl methyl sites for hydroxylation is 2. The summed E-state index contributed by atoms with van der Waals surface area (Å²) in [4.78, 5) is 32.5. The molecule has 6 aromatic rings. The number of nitrogens with zero attached hydrogens (tertiary/aromatic N) is 2. The quantitative estimate of drug-likeness (QED) is 0.0830. The van der Waals surface area contributed by atoms with Gasteiger partial charge in [0.1, 0.15) is 0 Å². The van der Waals surface area contributed by atoms with Crippen LogP contribution < -0.4 is 21.7 Å². The molecule has 4 aromatic carbocycles. The van der Waals surface area contributed by atoms with Crippen molar-refractivity contribution in [1.82, 2.24) is 9.97 Å². The average Bonchev–Trinajstić information content (AvgIpc) is 3.15. The Kier molecular flexibility index (Phi) is 11.5. The third-order valence-electron chi connectivity index (χ3n) is 9.54. The lowest BCUT2D eigenvalue weighted by molar-refractivity contribution is -0.143. The third kappa shape index (κ3) is 8.38. The Morgan fingerprint density at radius 2 is 0.981 bits per heavy atom. The first-order valence-electron chi connectivity index (χ1n) is 17.0. The number of carbonyl (C=O) groups is 2. The van der Waals surface area contributed by atoms with Gasteiger partial charge in [-0.25, -0.2) is 0 Å². The van der Waals surface area contributed by atoms with Gasteiger partial charge in [0.05, 0.1) is 45.6 Å². The van der Waals surface area contributed by atoms with Crippen molar-refractivity contribution in [3.05, 3.63) is 130 Å². The van der Waals surface area contributed by atoms with Crippen LogP contribution in [0.1, 0.15) is 35.4 Å². The summed E-state index contributed by atoms with van der Waals surface area (Å²) in [6.07, 6.45) is 3.44. The van der Waals surface area contributed by atoms with E-state index in [0.29, 0.717) is 48.6 Å². The van der Waals surface area contributed by atoms with Gasteiger partial charge in [-0.05, 0) is 99.2 Å². The number of para-hydroxylation sites is 2. The number of hydrazine groups is 2. The largest absolute Gasteiger partial charge is 0.481 e. The second-order valence-corrected chi connectivity index (χ2v) is 13.8. The molecule has 0 spiro atoms. The van der Waals surface area contributed by atoms with Crippen LogP contribution in [0.3, 0.4) is 0 Å². The van der Waals surface area contributed by atoms with E-state index in [2.05, 4.69) is 21.7 Å². The minimum atomic E-state index is -0.756. The first kappa shape index (κ1) is 37.1. The summed E-state index contributed by atoms with van der Waals surface area (Å²) in [5.41, 5.74) is 22.0. The van der Waals surface area contributed by atoms with Crippen molar-refractivity contribution in [2.24, 2.45) is 11.8 Å². The SMILES string of the molecule is O.O=C(O)C1CCc2nc3cc(Cl)ccc3c(NNc3ccccc3)c2C1.O=C(O)C1CCc2nc3cc(Cl)ccc3c(NNc3ccccc3)c2C1. The molecule has 2 unspecified atom stereocenters. The van der Waals surface area contributed by atoms with E-state index in [1.165, 1.54) is 0 Å². The van der Waals surface area contributed by atoms with Gasteiger partial charge < -0.3 is 26.5 Å². The third-order valence-corrected chi connectivity index (χ3v) is 10.0. The molecule has 272 valence electrons. The molecule has 2 atom stereocenters. The van der Waals surface area contributed by atoms with E-state index in [1.807, 2.05) is 97.1 Å². The second kappa shape index (κ2) is 16.4. The Morgan fingerprint density at radius 1 is 0.585 bits per heavy atom. The van der Waals surface area contributed by atoms with Crippen LogP contribution in [0.2, 0.25) is 10.0 Å². The summed E-state index contributed by atoms with van der Waals surface area (Å²) in [6, 6.07) is 30.7. The van der Waals surface area contributed by atoms with Crippen LogP contribution in [0.4, 0.5) is 22.7 Å². The maximum atomic E-state index is 11.5. The van der Waals surface area contributed by atoms with Gasteiger partial charge in [0.2, 0.25) is 0 Å². The number of anilines is 4. The van der Waals surface area contributed by atoms with Crippen LogP contribution in [0.15, 0.2) is 97.1 Å². The van der Waals surface area contributed by atoms with Crippen LogP contribution in [0, 0.1) is 11.8 Å². The lowest BCUT2D eigenvalue weighted by Crippen LogP contribution is -2.25. The Balaban J connectivity index is 0.000000178. The topological polar surface area (TPSA) is 180 Å². The number of benzene rings is 4. The van der Waals surface area contributed by atoms with Crippen LogP contribution >= 0.6 is 23.2 Å². The van der Waals surface area contributed by atoms with E-state index in [4.69, 9.17) is 33.2 Å². The van der Waals surface area contributed by atoms with Crippen LogP contribution in [0.25, 0.3) is 21.8 Å². The number of carboxylic acid groups (broad SMARTS) is 2. The first-order valence-corrected chi connectivity index (χ1v) is 17.8. The molecular formula is C40H38Cl2N6O5. The van der Waals surface area contributed by atoms with Gasteiger partial charge in [0, 0.05) is 43.3 Å². The summed E-state index contributed by atoms with van der Waals surface area (Å²) in [5, 5.41) is 22.0. The van der Waals surface area contributed by atoms with Crippen LogP contribution in [0.5, 0.6) is 0 Å². The van der Waals surface area contributed by atoms with Crippen molar-refractivity contribution in [3.8, 4) is 0 Å². The Bertz CT molecular complexity index is 2120. The minimum absolute atomic E-state index is 0. The molecule has 13 heteroatoms. The lowest BCUT2D eigenvalue weighted by atomic mass is 9.85. The average molecular weight is 754 g/mol. The van der Waals surface area contributed by atoms with Crippen molar-refractivity contribution >= 4 is 79.7 Å². The Morgan fingerprint density at radius 3 is 1.36 bits per heavy atom. The molecule has 53 heavy (non-hydrogen) atoms. The van der Waals surface area contributed by atoms with E-state index in [-0.39, 0.29) is 17.3 Å². The smallest absolute Gasteiger partial charge is 0.306 e. The molecule has 11 nitrogen and oxygen atoms in total. The van der Waals surface area contributed by atoms with Crippen molar-refractivity contribution in [1.29, 1.82) is 0 Å². The molecule has 8 rings (SSSR count). The summed E-state index contributed by atoms with van der Waals surface area (Å²) in [5.74, 6) is -2.28. The summed E-state index contributed by atoms with van der Waals surface area (Å²) in [7, 11) is 0. The Labute approximate surface area is 315 Å². The van der Waals surface area contributed by atoms with Gasteiger partial charge in [-0.1, -0.05) is 59.6 Å². The standard InChI is InChI=1S/2C20H18ClN3O2.H2O/c2*21-13-7-8-15-18(11-13)22-17-9-6-12(20(25)26)10-16(17)19(15)24-23-14-4-2-1-3-5-14;/h2*1-5,7-8,11-12,23H,6,9-10H2,(H,22,24)(H,25,26);1H2. The molecule has 0 amide bonds. The number of halogens is 2. The number of hydrogen-bond donors (Lipinski definition) is 6. The zero-order valence-corrected chi connectivity index (χ0v) is 30.0. The number of pyridine rings is 2. The highest BCUT2D eigenvalue weighted by Gasteiger charge is 2.29. The molecule has 0 bridgehead atoms. The van der Waals surface area contributed by atoms with Gasteiger partial charge in [0.15, 0.2) is 0 Å². The lowest BCUT2D eigenvalue weighted by Gasteiger charge is -2.25. The number of carboxylic acids is 2. The van der Waals surface area contributed by atoms with E-state index in [9.17, 15) is 19.8 Å². The molecular weight excluding hydrogens is 715 g/mol. The fraction of sp³-hybridized carbons (Fsp3) is 0.200. The molecule has 8 N–H and O–H groups in total. The Hall–Kier alpha value is -5.62. The van der Waals surface area contributed by atoms with Crippen molar-refractivity contribution in [2.45, 2.75) is 38.5 Å². The van der Waals surface area contributed by atoms with Gasteiger partial charge in [-0.15, -0.1) is 0 Å². The molecule has 2 aliphatic carbocycles. The maximum Gasteiger partial charge on any atom is 0.306 e. The summed E-state index contributed by atoms with van der Waals surface area (Å²) >= 11 is 12.3. The first-order chi connectivity index (χ1) is 25.2. The van der Waals surface area contributed by atoms with E-state index in [0.717, 1.165) is 67.1 Å². The number of fused-ring (bicyclic) bond motifs is 4. The maximum absolute atomic E-state index is 11.5. The highest BCUT2D eigenvalue weighted by Crippen LogP contribution is 2.38. The summed E-state index contributed by atoms with van der Waals surface area (Å²) in [6.45, 7) is 0. The molecule has 2 aliphatic rings. The number of hydrogen-bond acceptors (Lipinski definition) is 8. The monoisotopic (exact) mass is 752 g/mol. The molecule has 0 fully saturated rings. The van der Waals surface area contributed by atoms with Crippen LogP contribution in [-0.2, 0) is 35.3 Å². The van der Waals surface area contributed by atoms with Crippen molar-refractivity contribution in [2.75, 3.05) is 21.7 Å². The fourth-order valence-electron chi connectivity index (χ4n) is 6.85. The predicted molar refractivity (Wildman–Crippen MR) is 211 cm³/mol. The predicted octanol–water partition coefficient (Wildman–Crippen LogP) is 8.21. The number of rotatable bonds is 8. The van der Waals surface area contributed by atoms with Crippen LogP contribution in [-0.4, -0.2) is 37.6 Å². The number of aliphatic carboxylic acids is 2. The van der Waals surface area contributed by atoms with E-state index in [1.54, 1.807) is 0 Å². The van der Waals surface area contributed by atoms with Gasteiger partial charge in [-0.3, -0.25) is 30.4 Å².